The minimum Gasteiger partial charge on any atom is -0.378 e. The second-order valence-corrected chi connectivity index (χ2v) is 7.63. The summed E-state index contributed by atoms with van der Waals surface area (Å²) in [6.07, 6.45) is 1.07. The summed E-state index contributed by atoms with van der Waals surface area (Å²) >= 11 is 6.06. The summed E-state index contributed by atoms with van der Waals surface area (Å²) < 4.78 is 0. The van der Waals surface area contributed by atoms with Crippen molar-refractivity contribution < 1.29 is 9.90 Å². The molecule has 2 aliphatic rings. The number of benzene rings is 1. The van der Waals surface area contributed by atoms with Gasteiger partial charge in [0, 0.05) is 55.3 Å². The summed E-state index contributed by atoms with van der Waals surface area (Å²) in [5, 5.41) is 13.6. The zero-order valence-electron chi connectivity index (χ0n) is 14.2. The number of piperazine rings is 1. The van der Waals surface area contributed by atoms with E-state index in [-0.39, 0.29) is 11.3 Å². The van der Waals surface area contributed by atoms with E-state index in [0.717, 1.165) is 45.6 Å². The highest BCUT2D eigenvalue weighted by atomic mass is 35.5. The van der Waals surface area contributed by atoms with E-state index in [4.69, 9.17) is 11.6 Å². The third-order valence-electron chi connectivity index (χ3n) is 5.20. The molecular formula is C18H26ClN3O2. The van der Waals surface area contributed by atoms with Crippen molar-refractivity contribution in [2.24, 2.45) is 5.41 Å². The maximum Gasteiger partial charge on any atom is 0.253 e. The van der Waals surface area contributed by atoms with Gasteiger partial charge in [-0.25, -0.2) is 0 Å². The van der Waals surface area contributed by atoms with Gasteiger partial charge in [-0.3, -0.25) is 4.79 Å². The summed E-state index contributed by atoms with van der Waals surface area (Å²) in [7, 11) is 2.15. The van der Waals surface area contributed by atoms with Crippen LogP contribution in [0.2, 0.25) is 5.02 Å². The molecule has 0 bridgehead atoms. The summed E-state index contributed by atoms with van der Waals surface area (Å²) in [6, 6.07) is 6.92. The Bertz CT molecular complexity index is 583. The smallest absolute Gasteiger partial charge is 0.253 e. The molecule has 3 rings (SSSR count). The Morgan fingerprint density at radius 3 is 2.58 bits per heavy atom. The maximum absolute atomic E-state index is 12.3. The lowest BCUT2D eigenvalue weighted by atomic mass is 10.0. The fraction of sp³-hybridized carbons (Fsp3) is 0.611. The quantitative estimate of drug-likeness (QED) is 0.816. The molecule has 24 heavy (non-hydrogen) atoms. The standard InChI is InChI=1S/C18H26ClN3O2/c1-21-8-10-22(11-9-21)13-18(6-7-18)12-20-17(24)16(23)14-4-2-3-5-15(14)19/h2-5,16,23H,6-13H2,1H3,(H,20,24)/t16-/m0/s1. The molecule has 2 N–H and O–H groups in total. The van der Waals surface area contributed by atoms with Gasteiger partial charge in [-0.05, 0) is 26.0 Å². The molecule has 6 heteroatoms. The Morgan fingerprint density at radius 1 is 1.29 bits per heavy atom. The largest absolute Gasteiger partial charge is 0.378 e. The average molecular weight is 352 g/mol. The zero-order chi connectivity index (χ0) is 17.2. The monoisotopic (exact) mass is 351 g/mol. The molecular weight excluding hydrogens is 326 g/mol. The van der Waals surface area contributed by atoms with Crippen LogP contribution in [0.4, 0.5) is 0 Å². The minimum atomic E-state index is -1.21. The third-order valence-corrected chi connectivity index (χ3v) is 5.54. The lowest BCUT2D eigenvalue weighted by molar-refractivity contribution is -0.129. The van der Waals surface area contributed by atoms with E-state index in [0.29, 0.717) is 17.1 Å². The highest BCUT2D eigenvalue weighted by molar-refractivity contribution is 6.31. The summed E-state index contributed by atoms with van der Waals surface area (Å²) in [4.78, 5) is 17.1. The Morgan fingerprint density at radius 2 is 1.96 bits per heavy atom. The first kappa shape index (κ1) is 17.7. The van der Waals surface area contributed by atoms with Gasteiger partial charge >= 0.3 is 0 Å². The predicted octanol–water partition coefficient (Wildman–Crippen LogP) is 1.52. The molecule has 5 nitrogen and oxygen atoms in total. The van der Waals surface area contributed by atoms with Gasteiger partial charge in [-0.1, -0.05) is 29.8 Å². The van der Waals surface area contributed by atoms with E-state index in [2.05, 4.69) is 22.2 Å². The number of hydrogen-bond acceptors (Lipinski definition) is 4. The Hall–Kier alpha value is -1.14. The molecule has 132 valence electrons. The molecule has 0 aromatic heterocycles. The first-order valence-corrected chi connectivity index (χ1v) is 8.98. The number of nitrogens with one attached hydrogen (secondary N) is 1. The lowest BCUT2D eigenvalue weighted by Gasteiger charge is -2.35. The van der Waals surface area contributed by atoms with Crippen molar-refractivity contribution in [3.63, 3.8) is 0 Å². The Labute approximate surface area is 148 Å². The van der Waals surface area contributed by atoms with Gasteiger partial charge in [0.25, 0.3) is 5.91 Å². The van der Waals surface area contributed by atoms with Crippen molar-refractivity contribution in [3.05, 3.63) is 34.9 Å². The van der Waals surface area contributed by atoms with Crippen molar-refractivity contribution in [1.29, 1.82) is 0 Å². The van der Waals surface area contributed by atoms with Crippen LogP contribution in [-0.2, 0) is 4.79 Å². The highest BCUT2D eigenvalue weighted by Crippen LogP contribution is 2.45. The first-order valence-electron chi connectivity index (χ1n) is 8.60. The second kappa shape index (κ2) is 7.40. The summed E-state index contributed by atoms with van der Waals surface area (Å²) in [5.41, 5.74) is 0.645. The number of aliphatic hydroxyl groups excluding tert-OH is 1. The van der Waals surface area contributed by atoms with E-state index in [1.54, 1.807) is 24.3 Å². The van der Waals surface area contributed by atoms with Gasteiger partial charge in [0.2, 0.25) is 0 Å². The predicted molar refractivity (Wildman–Crippen MR) is 95.0 cm³/mol. The zero-order valence-corrected chi connectivity index (χ0v) is 14.9. The van der Waals surface area contributed by atoms with Crippen LogP contribution in [0.25, 0.3) is 0 Å². The number of aliphatic hydroxyl groups is 1. The molecule has 1 aromatic carbocycles. The number of halogens is 1. The van der Waals surface area contributed by atoms with Crippen LogP contribution in [0, 0.1) is 5.41 Å². The van der Waals surface area contributed by atoms with E-state index in [9.17, 15) is 9.90 Å². The lowest BCUT2D eigenvalue weighted by Crippen LogP contribution is -2.48. The maximum atomic E-state index is 12.3. The summed E-state index contributed by atoms with van der Waals surface area (Å²) in [6.45, 7) is 6.05. The normalized spacial score (nSPS) is 22.1. The molecule has 1 aliphatic carbocycles. The van der Waals surface area contributed by atoms with Crippen LogP contribution in [0.1, 0.15) is 24.5 Å². The molecule has 1 aromatic rings. The van der Waals surface area contributed by atoms with Gasteiger partial charge in [-0.2, -0.15) is 0 Å². The van der Waals surface area contributed by atoms with Crippen LogP contribution in [0.3, 0.4) is 0 Å². The second-order valence-electron chi connectivity index (χ2n) is 7.22. The number of hydrogen-bond donors (Lipinski definition) is 2. The van der Waals surface area contributed by atoms with Crippen molar-refractivity contribution >= 4 is 17.5 Å². The average Bonchev–Trinajstić information content (AvgIpc) is 3.34. The Balaban J connectivity index is 1.50. The van der Waals surface area contributed by atoms with Crippen molar-refractivity contribution in [3.8, 4) is 0 Å². The number of rotatable bonds is 6. The van der Waals surface area contributed by atoms with Crippen LogP contribution < -0.4 is 5.32 Å². The van der Waals surface area contributed by atoms with Gasteiger partial charge < -0.3 is 20.2 Å². The number of carbonyl (C=O) groups is 1. The van der Waals surface area contributed by atoms with E-state index in [1.807, 2.05) is 0 Å². The topological polar surface area (TPSA) is 55.8 Å². The molecule has 0 radical (unpaired) electrons. The minimum absolute atomic E-state index is 0.186. The van der Waals surface area contributed by atoms with Crippen LogP contribution in [0.15, 0.2) is 24.3 Å². The first-order chi connectivity index (χ1) is 11.5. The van der Waals surface area contributed by atoms with Gasteiger partial charge in [0.05, 0.1) is 0 Å². The molecule has 1 heterocycles. The van der Waals surface area contributed by atoms with E-state index in [1.165, 1.54) is 0 Å². The fourth-order valence-corrected chi connectivity index (χ4v) is 3.50. The number of likely N-dealkylation sites (N-methyl/N-ethyl adjacent to an activating group) is 1. The fourth-order valence-electron chi connectivity index (χ4n) is 3.26. The van der Waals surface area contributed by atoms with Crippen molar-refractivity contribution in [2.45, 2.75) is 18.9 Å². The summed E-state index contributed by atoms with van der Waals surface area (Å²) in [5.74, 6) is -0.368. The van der Waals surface area contributed by atoms with Crippen LogP contribution in [-0.4, -0.2) is 67.1 Å². The molecule has 1 aliphatic heterocycles. The van der Waals surface area contributed by atoms with Gasteiger partial charge in [0.15, 0.2) is 6.10 Å². The molecule has 1 atom stereocenters. The number of amides is 1. The van der Waals surface area contributed by atoms with E-state index < -0.39 is 6.10 Å². The van der Waals surface area contributed by atoms with Gasteiger partial charge in [0.1, 0.15) is 0 Å². The molecule has 1 saturated carbocycles. The Kier molecular flexibility index (Phi) is 5.45. The van der Waals surface area contributed by atoms with Gasteiger partial charge in [-0.15, -0.1) is 0 Å². The van der Waals surface area contributed by atoms with Crippen molar-refractivity contribution in [1.82, 2.24) is 15.1 Å². The molecule has 0 unspecified atom stereocenters. The van der Waals surface area contributed by atoms with Crippen molar-refractivity contribution in [2.75, 3.05) is 46.3 Å². The van der Waals surface area contributed by atoms with Crippen LogP contribution >= 0.6 is 11.6 Å². The SMILES string of the molecule is CN1CCN(CC2(CNC(=O)[C@@H](O)c3ccccc3Cl)CC2)CC1. The third kappa shape index (κ3) is 4.28. The molecule has 2 fully saturated rings. The number of nitrogens with zero attached hydrogens (tertiary/aromatic N) is 2. The molecule has 1 amide bonds. The number of carbonyl (C=O) groups excluding carboxylic acids is 1. The van der Waals surface area contributed by atoms with Crippen LogP contribution in [0.5, 0.6) is 0 Å². The molecule has 0 spiro atoms. The highest BCUT2D eigenvalue weighted by Gasteiger charge is 2.44. The molecule has 1 saturated heterocycles. The van der Waals surface area contributed by atoms with E-state index >= 15 is 0 Å².